The van der Waals surface area contributed by atoms with Crippen LogP contribution in [0.25, 0.3) is 22.6 Å². The predicted molar refractivity (Wildman–Crippen MR) is 103 cm³/mol. The molecule has 0 fully saturated rings. The molecule has 0 unspecified atom stereocenters. The minimum absolute atomic E-state index is 0.137. The summed E-state index contributed by atoms with van der Waals surface area (Å²) < 4.78 is 19.8. The van der Waals surface area contributed by atoms with E-state index in [1.165, 1.54) is 12.1 Å². The molecular weight excluding hydrogens is 357 g/mol. The van der Waals surface area contributed by atoms with Gasteiger partial charge in [0.1, 0.15) is 11.3 Å². The van der Waals surface area contributed by atoms with Gasteiger partial charge in [-0.2, -0.15) is 5.26 Å². The maximum absolute atomic E-state index is 14.0. The third-order valence-electron chi connectivity index (χ3n) is 4.25. The van der Waals surface area contributed by atoms with Gasteiger partial charge in [0.05, 0.1) is 17.2 Å². The number of nitriles is 1. The number of aromatic nitrogens is 1. The number of amides is 1. The summed E-state index contributed by atoms with van der Waals surface area (Å²) in [5.41, 5.74) is 3.69. The van der Waals surface area contributed by atoms with Crippen molar-refractivity contribution < 1.29 is 13.6 Å². The second kappa shape index (κ2) is 6.97. The van der Waals surface area contributed by atoms with Crippen LogP contribution in [-0.4, -0.2) is 10.9 Å². The van der Waals surface area contributed by atoms with Gasteiger partial charge < -0.3 is 9.73 Å². The number of halogens is 1. The second-order valence-corrected chi connectivity index (χ2v) is 6.33. The lowest BCUT2D eigenvalue weighted by Crippen LogP contribution is -2.13. The van der Waals surface area contributed by atoms with Crippen LogP contribution in [0.5, 0.6) is 0 Å². The number of carbonyl (C=O) groups is 1. The average molecular weight is 371 g/mol. The summed E-state index contributed by atoms with van der Waals surface area (Å²) in [6, 6.07) is 18.3. The summed E-state index contributed by atoms with van der Waals surface area (Å²) in [4.78, 5) is 16.9. The molecular formula is C22H14FN3O2. The lowest BCUT2D eigenvalue weighted by atomic mass is 10.1. The van der Waals surface area contributed by atoms with Gasteiger partial charge in [0.2, 0.25) is 5.89 Å². The zero-order valence-corrected chi connectivity index (χ0v) is 14.9. The first-order chi connectivity index (χ1) is 13.5. The Morgan fingerprint density at radius 1 is 1.14 bits per heavy atom. The van der Waals surface area contributed by atoms with Crippen molar-refractivity contribution in [3.8, 4) is 17.5 Å². The summed E-state index contributed by atoms with van der Waals surface area (Å²) in [5, 5.41) is 11.5. The Kier molecular flexibility index (Phi) is 4.34. The molecule has 28 heavy (non-hydrogen) atoms. The van der Waals surface area contributed by atoms with E-state index >= 15 is 0 Å². The Labute approximate surface area is 160 Å². The van der Waals surface area contributed by atoms with E-state index in [4.69, 9.17) is 9.68 Å². The van der Waals surface area contributed by atoms with E-state index in [9.17, 15) is 9.18 Å². The van der Waals surface area contributed by atoms with E-state index in [0.29, 0.717) is 22.7 Å². The molecule has 0 saturated heterocycles. The molecule has 0 bridgehead atoms. The number of aryl methyl sites for hydroxylation is 1. The van der Waals surface area contributed by atoms with E-state index in [0.717, 1.165) is 17.1 Å². The van der Waals surface area contributed by atoms with Gasteiger partial charge in [-0.15, -0.1) is 0 Å². The number of anilines is 1. The number of hydrogen-bond acceptors (Lipinski definition) is 4. The van der Waals surface area contributed by atoms with Crippen LogP contribution in [0.3, 0.4) is 0 Å². The van der Waals surface area contributed by atoms with Crippen molar-refractivity contribution in [1.82, 2.24) is 4.98 Å². The topological polar surface area (TPSA) is 78.9 Å². The van der Waals surface area contributed by atoms with Crippen molar-refractivity contribution in [2.75, 3.05) is 5.32 Å². The highest BCUT2D eigenvalue weighted by atomic mass is 19.1. The highest BCUT2D eigenvalue weighted by Crippen LogP contribution is 2.27. The van der Waals surface area contributed by atoms with Crippen LogP contribution in [0.4, 0.5) is 10.1 Å². The van der Waals surface area contributed by atoms with Gasteiger partial charge in [0, 0.05) is 11.3 Å². The molecule has 3 aromatic carbocycles. The quantitative estimate of drug-likeness (QED) is 0.545. The third kappa shape index (κ3) is 3.33. The largest absolute Gasteiger partial charge is 0.436 e. The lowest BCUT2D eigenvalue weighted by Gasteiger charge is -2.07. The minimum Gasteiger partial charge on any atom is -0.436 e. The van der Waals surface area contributed by atoms with Crippen LogP contribution in [0.1, 0.15) is 21.5 Å². The summed E-state index contributed by atoms with van der Waals surface area (Å²) in [7, 11) is 0. The second-order valence-electron chi connectivity index (χ2n) is 6.33. The van der Waals surface area contributed by atoms with Gasteiger partial charge >= 0.3 is 0 Å². The normalized spacial score (nSPS) is 10.6. The first-order valence-corrected chi connectivity index (χ1v) is 8.52. The van der Waals surface area contributed by atoms with Gasteiger partial charge in [0.15, 0.2) is 5.58 Å². The SMILES string of the molecule is Cc1ccc2oc(-c3cccc(NC(=O)c4ccc(C#N)cc4F)c3)nc2c1. The van der Waals surface area contributed by atoms with Gasteiger partial charge in [0.25, 0.3) is 5.91 Å². The van der Waals surface area contributed by atoms with Gasteiger partial charge in [-0.1, -0.05) is 12.1 Å². The van der Waals surface area contributed by atoms with Gasteiger partial charge in [-0.25, -0.2) is 9.37 Å². The molecule has 0 aliphatic carbocycles. The zero-order chi connectivity index (χ0) is 19.7. The number of fused-ring (bicyclic) bond motifs is 1. The van der Waals surface area contributed by atoms with Crippen molar-refractivity contribution >= 4 is 22.7 Å². The van der Waals surface area contributed by atoms with E-state index in [1.807, 2.05) is 37.3 Å². The Morgan fingerprint density at radius 2 is 2.00 bits per heavy atom. The fourth-order valence-corrected chi connectivity index (χ4v) is 2.86. The molecule has 4 aromatic rings. The Balaban J connectivity index is 1.61. The zero-order valence-electron chi connectivity index (χ0n) is 14.9. The molecule has 1 N–H and O–H groups in total. The highest BCUT2D eigenvalue weighted by Gasteiger charge is 2.14. The van der Waals surface area contributed by atoms with E-state index in [1.54, 1.807) is 18.2 Å². The van der Waals surface area contributed by atoms with E-state index < -0.39 is 11.7 Å². The molecule has 6 heteroatoms. The van der Waals surface area contributed by atoms with Crippen LogP contribution in [0.2, 0.25) is 0 Å². The number of nitrogens with zero attached hydrogens (tertiary/aromatic N) is 2. The maximum Gasteiger partial charge on any atom is 0.258 e. The molecule has 1 heterocycles. The van der Waals surface area contributed by atoms with Crippen molar-refractivity contribution in [1.29, 1.82) is 5.26 Å². The lowest BCUT2D eigenvalue weighted by molar-refractivity contribution is 0.102. The van der Waals surface area contributed by atoms with Crippen LogP contribution in [0.15, 0.2) is 65.1 Å². The van der Waals surface area contributed by atoms with Crippen LogP contribution in [0, 0.1) is 24.1 Å². The Morgan fingerprint density at radius 3 is 2.79 bits per heavy atom. The predicted octanol–water partition coefficient (Wildman–Crippen LogP) is 5.07. The number of nitrogens with one attached hydrogen (secondary N) is 1. The van der Waals surface area contributed by atoms with Crippen molar-refractivity contribution in [2.24, 2.45) is 0 Å². The molecule has 0 aliphatic heterocycles. The van der Waals surface area contributed by atoms with Gasteiger partial charge in [-0.05, 0) is 61.0 Å². The number of carbonyl (C=O) groups excluding carboxylic acids is 1. The number of benzene rings is 3. The molecule has 0 aliphatic rings. The van der Waals surface area contributed by atoms with Gasteiger partial charge in [-0.3, -0.25) is 4.79 Å². The maximum atomic E-state index is 14.0. The summed E-state index contributed by atoms with van der Waals surface area (Å²) in [6.07, 6.45) is 0. The van der Waals surface area contributed by atoms with E-state index in [-0.39, 0.29) is 11.1 Å². The summed E-state index contributed by atoms with van der Waals surface area (Å²) in [5.74, 6) is -0.921. The molecule has 0 radical (unpaired) electrons. The highest BCUT2D eigenvalue weighted by molar-refractivity contribution is 6.04. The Bertz CT molecular complexity index is 1250. The fourth-order valence-electron chi connectivity index (χ4n) is 2.86. The molecule has 1 amide bonds. The molecule has 1 aromatic heterocycles. The smallest absolute Gasteiger partial charge is 0.258 e. The van der Waals surface area contributed by atoms with E-state index in [2.05, 4.69) is 10.3 Å². The fraction of sp³-hybridized carbons (Fsp3) is 0.0455. The standard InChI is InChI=1S/C22H14FN3O2/c1-13-5-8-20-19(9-13)26-22(28-20)15-3-2-4-16(11-15)25-21(27)17-7-6-14(12-24)10-18(17)23/h2-11H,1H3,(H,25,27). The van der Waals surface area contributed by atoms with Crippen LogP contribution >= 0.6 is 0 Å². The average Bonchev–Trinajstić information content (AvgIpc) is 3.11. The summed E-state index contributed by atoms with van der Waals surface area (Å²) in [6.45, 7) is 1.98. The van der Waals surface area contributed by atoms with Crippen molar-refractivity contribution in [3.05, 3.63) is 83.2 Å². The molecule has 4 rings (SSSR count). The number of oxazole rings is 1. The molecule has 136 valence electrons. The number of hydrogen-bond donors (Lipinski definition) is 1. The first kappa shape index (κ1) is 17.4. The summed E-state index contributed by atoms with van der Waals surface area (Å²) >= 11 is 0. The van der Waals surface area contributed by atoms with Crippen LogP contribution < -0.4 is 5.32 Å². The Hall–Kier alpha value is -3.98. The van der Waals surface area contributed by atoms with Crippen molar-refractivity contribution in [3.63, 3.8) is 0 Å². The van der Waals surface area contributed by atoms with Crippen LogP contribution in [-0.2, 0) is 0 Å². The molecule has 0 atom stereocenters. The monoisotopic (exact) mass is 371 g/mol. The molecule has 5 nitrogen and oxygen atoms in total. The third-order valence-corrected chi connectivity index (χ3v) is 4.25. The molecule has 0 spiro atoms. The first-order valence-electron chi connectivity index (χ1n) is 8.52. The number of rotatable bonds is 3. The molecule has 0 saturated carbocycles. The minimum atomic E-state index is -0.748. The van der Waals surface area contributed by atoms with Crippen molar-refractivity contribution in [2.45, 2.75) is 6.92 Å².